The van der Waals surface area contributed by atoms with Crippen LogP contribution in [0.5, 0.6) is 5.75 Å². The first kappa shape index (κ1) is 19.1. The maximum absolute atomic E-state index is 12.3. The minimum Gasteiger partial charge on any atom is -0.481 e. The molecule has 0 unspecified atom stereocenters. The average molecular weight is 381 g/mol. The van der Waals surface area contributed by atoms with Crippen molar-refractivity contribution >= 4 is 40.7 Å². The Bertz CT molecular complexity index is 794. The van der Waals surface area contributed by atoms with Gasteiger partial charge in [0.05, 0.1) is 10.6 Å². The predicted molar refractivity (Wildman–Crippen MR) is 99.6 cm³/mol. The Morgan fingerprint density at radius 2 is 1.84 bits per heavy atom. The first-order chi connectivity index (χ1) is 11.8. The molecule has 2 aromatic rings. The third-order valence-corrected chi connectivity index (χ3v) is 3.90. The molecule has 0 saturated carbocycles. The summed E-state index contributed by atoms with van der Waals surface area (Å²) in [6, 6.07) is 11.5. The van der Waals surface area contributed by atoms with Crippen molar-refractivity contribution in [1.82, 2.24) is 4.90 Å². The van der Waals surface area contributed by atoms with E-state index in [-0.39, 0.29) is 16.8 Å². The molecule has 0 bridgehead atoms. The van der Waals surface area contributed by atoms with Gasteiger partial charge in [-0.15, -0.1) is 0 Å². The molecule has 0 aromatic heterocycles. The first-order valence-corrected chi connectivity index (χ1v) is 8.28. The summed E-state index contributed by atoms with van der Waals surface area (Å²) < 4.78 is 5.56. The fourth-order valence-corrected chi connectivity index (χ4v) is 2.49. The minimum atomic E-state index is -0.736. The molecule has 0 aliphatic heterocycles. The monoisotopic (exact) mass is 380 g/mol. The van der Waals surface area contributed by atoms with E-state index in [1.807, 2.05) is 0 Å². The van der Waals surface area contributed by atoms with Crippen LogP contribution in [0.1, 0.15) is 17.3 Å². The number of nitrogens with zero attached hydrogens (tertiary/aromatic N) is 1. The molecule has 0 heterocycles. The molecule has 0 fully saturated rings. The number of anilines is 1. The number of halogens is 2. The highest BCUT2D eigenvalue weighted by Gasteiger charge is 2.17. The molecule has 1 N–H and O–H groups in total. The Hall–Kier alpha value is -2.24. The lowest BCUT2D eigenvalue weighted by molar-refractivity contribution is -0.122. The summed E-state index contributed by atoms with van der Waals surface area (Å²) in [5, 5.41) is 3.50. The first-order valence-electron chi connectivity index (χ1n) is 7.52. The maximum Gasteiger partial charge on any atom is 0.265 e. The highest BCUT2D eigenvalue weighted by atomic mass is 35.5. The number of ether oxygens (including phenoxy) is 1. The van der Waals surface area contributed by atoms with Crippen molar-refractivity contribution < 1.29 is 14.3 Å². The smallest absolute Gasteiger partial charge is 0.265 e. The molecule has 5 nitrogen and oxygen atoms in total. The van der Waals surface area contributed by atoms with E-state index in [1.54, 1.807) is 57.4 Å². The summed E-state index contributed by atoms with van der Waals surface area (Å²) >= 11 is 12.0. The van der Waals surface area contributed by atoms with Crippen LogP contribution in [0, 0.1) is 0 Å². The van der Waals surface area contributed by atoms with Gasteiger partial charge in [-0.05, 0) is 43.3 Å². The zero-order valence-electron chi connectivity index (χ0n) is 14.0. The molecule has 1 atom stereocenters. The van der Waals surface area contributed by atoms with E-state index in [4.69, 9.17) is 27.9 Å². The van der Waals surface area contributed by atoms with Gasteiger partial charge >= 0.3 is 0 Å². The van der Waals surface area contributed by atoms with E-state index >= 15 is 0 Å². The van der Waals surface area contributed by atoms with Crippen molar-refractivity contribution in [3.8, 4) is 5.75 Å². The number of carbonyl (C=O) groups is 2. The van der Waals surface area contributed by atoms with Gasteiger partial charge in [-0.2, -0.15) is 0 Å². The largest absolute Gasteiger partial charge is 0.481 e. The van der Waals surface area contributed by atoms with Crippen LogP contribution in [0.25, 0.3) is 0 Å². The zero-order chi connectivity index (χ0) is 18.6. The van der Waals surface area contributed by atoms with Crippen molar-refractivity contribution in [2.45, 2.75) is 13.0 Å². The van der Waals surface area contributed by atoms with Gasteiger partial charge in [0.2, 0.25) is 0 Å². The second-order valence-electron chi connectivity index (χ2n) is 5.60. The summed E-state index contributed by atoms with van der Waals surface area (Å²) in [5.41, 5.74) is 0.847. The normalized spacial score (nSPS) is 11.6. The van der Waals surface area contributed by atoms with E-state index in [9.17, 15) is 9.59 Å². The fraction of sp³-hybridized carbons (Fsp3) is 0.222. The molecule has 0 spiro atoms. The molecule has 2 amide bonds. The SMILES string of the molecule is C[C@H](Oc1cccc(Cl)c1)C(=O)Nc1ccc(C(=O)N(C)C)c(Cl)c1. The molecular formula is C18H18Cl2N2O3. The third-order valence-electron chi connectivity index (χ3n) is 3.35. The molecule has 0 aliphatic carbocycles. The van der Waals surface area contributed by atoms with Crippen molar-refractivity contribution in [3.05, 3.63) is 58.1 Å². The number of hydrogen-bond acceptors (Lipinski definition) is 3. The van der Waals surface area contributed by atoms with Gasteiger partial charge in [0, 0.05) is 24.8 Å². The van der Waals surface area contributed by atoms with Crippen LogP contribution >= 0.6 is 23.2 Å². The highest BCUT2D eigenvalue weighted by molar-refractivity contribution is 6.34. The van der Waals surface area contributed by atoms with Crippen LogP contribution in [-0.2, 0) is 4.79 Å². The highest BCUT2D eigenvalue weighted by Crippen LogP contribution is 2.23. The van der Waals surface area contributed by atoms with E-state index in [1.165, 1.54) is 11.0 Å². The summed E-state index contributed by atoms with van der Waals surface area (Å²) in [6.45, 7) is 1.63. The van der Waals surface area contributed by atoms with E-state index in [0.717, 1.165) is 0 Å². The van der Waals surface area contributed by atoms with Gasteiger partial charge in [0.15, 0.2) is 6.10 Å². The fourth-order valence-electron chi connectivity index (χ4n) is 2.05. The summed E-state index contributed by atoms with van der Waals surface area (Å²) in [7, 11) is 3.28. The van der Waals surface area contributed by atoms with Crippen LogP contribution in [0.2, 0.25) is 10.0 Å². The summed E-state index contributed by atoms with van der Waals surface area (Å²) in [4.78, 5) is 25.6. The molecule has 0 saturated heterocycles. The van der Waals surface area contributed by atoms with Crippen molar-refractivity contribution in [2.24, 2.45) is 0 Å². The molecule has 25 heavy (non-hydrogen) atoms. The quantitative estimate of drug-likeness (QED) is 0.849. The molecule has 7 heteroatoms. The zero-order valence-corrected chi connectivity index (χ0v) is 15.6. The lowest BCUT2D eigenvalue weighted by Crippen LogP contribution is -2.30. The Morgan fingerprint density at radius 1 is 1.12 bits per heavy atom. The van der Waals surface area contributed by atoms with Gasteiger partial charge in [-0.25, -0.2) is 0 Å². The average Bonchev–Trinajstić information content (AvgIpc) is 2.54. The number of carbonyl (C=O) groups excluding carboxylic acids is 2. The summed E-state index contributed by atoms with van der Waals surface area (Å²) in [6.07, 6.45) is -0.736. The van der Waals surface area contributed by atoms with E-state index < -0.39 is 6.10 Å². The van der Waals surface area contributed by atoms with Gasteiger partial charge < -0.3 is 15.0 Å². The Balaban J connectivity index is 2.04. The second kappa shape index (κ2) is 8.23. The standard InChI is InChI=1S/C18H18Cl2N2O3/c1-11(25-14-6-4-5-12(19)9-14)17(23)21-13-7-8-15(16(20)10-13)18(24)22(2)3/h4-11H,1-3H3,(H,21,23)/t11-/m0/s1. The van der Waals surface area contributed by atoms with Crippen molar-refractivity contribution in [2.75, 3.05) is 19.4 Å². The van der Waals surface area contributed by atoms with Crippen LogP contribution in [0.3, 0.4) is 0 Å². The molecular weight excluding hydrogens is 363 g/mol. The lowest BCUT2D eigenvalue weighted by atomic mass is 10.2. The molecule has 2 aromatic carbocycles. The van der Waals surface area contributed by atoms with Crippen LogP contribution in [0.15, 0.2) is 42.5 Å². The van der Waals surface area contributed by atoms with Crippen molar-refractivity contribution in [3.63, 3.8) is 0 Å². The number of nitrogens with one attached hydrogen (secondary N) is 1. The van der Waals surface area contributed by atoms with Gasteiger partial charge in [-0.3, -0.25) is 9.59 Å². The Kier molecular flexibility index (Phi) is 6.28. The minimum absolute atomic E-state index is 0.208. The third kappa shape index (κ3) is 5.11. The number of amides is 2. The Labute approximate surface area is 156 Å². The van der Waals surface area contributed by atoms with E-state index in [2.05, 4.69) is 5.32 Å². The van der Waals surface area contributed by atoms with Crippen LogP contribution < -0.4 is 10.1 Å². The van der Waals surface area contributed by atoms with Crippen LogP contribution in [-0.4, -0.2) is 36.9 Å². The number of hydrogen-bond donors (Lipinski definition) is 1. The van der Waals surface area contributed by atoms with Crippen LogP contribution in [0.4, 0.5) is 5.69 Å². The number of benzene rings is 2. The predicted octanol–water partition coefficient (Wildman–Crippen LogP) is 4.10. The maximum atomic E-state index is 12.3. The van der Waals surface area contributed by atoms with Crippen molar-refractivity contribution in [1.29, 1.82) is 0 Å². The summed E-state index contributed by atoms with van der Waals surface area (Å²) in [5.74, 6) is -0.0524. The molecule has 2 rings (SSSR count). The second-order valence-corrected chi connectivity index (χ2v) is 6.44. The molecule has 132 valence electrons. The van der Waals surface area contributed by atoms with Gasteiger partial charge in [-0.1, -0.05) is 29.3 Å². The number of rotatable bonds is 5. The van der Waals surface area contributed by atoms with Gasteiger partial charge in [0.1, 0.15) is 5.75 Å². The lowest BCUT2D eigenvalue weighted by Gasteiger charge is -2.16. The van der Waals surface area contributed by atoms with Gasteiger partial charge in [0.25, 0.3) is 11.8 Å². The Morgan fingerprint density at radius 3 is 2.44 bits per heavy atom. The topological polar surface area (TPSA) is 58.6 Å². The molecule has 0 radical (unpaired) electrons. The molecule has 0 aliphatic rings. The van der Waals surface area contributed by atoms with E-state index in [0.29, 0.717) is 22.0 Å².